The normalized spacial score (nSPS) is 15.0. The summed E-state index contributed by atoms with van der Waals surface area (Å²) >= 11 is 0. The SMILES string of the molecule is COc1ccc(O)c(C=CC2=CN(C)CC=C2)c1. The zero-order valence-corrected chi connectivity index (χ0v) is 10.6. The van der Waals surface area contributed by atoms with Crippen LogP contribution in [0.2, 0.25) is 0 Å². The molecular weight excluding hydrogens is 226 g/mol. The van der Waals surface area contributed by atoms with Crippen LogP contribution in [0.25, 0.3) is 6.08 Å². The summed E-state index contributed by atoms with van der Waals surface area (Å²) in [5.74, 6) is 0.985. The fraction of sp³-hybridized carbons (Fsp3) is 0.200. The number of benzene rings is 1. The molecule has 0 fully saturated rings. The standard InChI is InChI=1S/C15H17NO2/c1-16-9-3-4-12(11-16)5-6-13-10-14(18-2)7-8-15(13)17/h3-8,10-11,17H,9H2,1-2H3. The van der Waals surface area contributed by atoms with Crippen molar-refractivity contribution in [2.75, 3.05) is 20.7 Å². The molecule has 0 saturated heterocycles. The van der Waals surface area contributed by atoms with Crippen molar-refractivity contribution in [2.24, 2.45) is 0 Å². The predicted molar refractivity (Wildman–Crippen MR) is 73.5 cm³/mol. The van der Waals surface area contributed by atoms with Crippen molar-refractivity contribution in [3.8, 4) is 11.5 Å². The molecule has 1 N–H and O–H groups in total. The van der Waals surface area contributed by atoms with E-state index in [1.807, 2.05) is 25.3 Å². The number of aromatic hydroxyl groups is 1. The van der Waals surface area contributed by atoms with Crippen LogP contribution >= 0.6 is 0 Å². The second-order valence-electron chi connectivity index (χ2n) is 4.23. The maximum atomic E-state index is 9.76. The summed E-state index contributed by atoms with van der Waals surface area (Å²) in [6.45, 7) is 0.932. The van der Waals surface area contributed by atoms with Gasteiger partial charge in [-0.25, -0.2) is 0 Å². The Morgan fingerprint density at radius 1 is 1.33 bits per heavy atom. The van der Waals surface area contributed by atoms with Gasteiger partial charge in [0.2, 0.25) is 0 Å². The summed E-state index contributed by atoms with van der Waals surface area (Å²) in [7, 11) is 3.64. The minimum absolute atomic E-state index is 0.251. The number of hydrogen-bond donors (Lipinski definition) is 1. The van der Waals surface area contributed by atoms with Crippen LogP contribution in [-0.2, 0) is 0 Å². The summed E-state index contributed by atoms with van der Waals surface area (Å²) in [6.07, 6.45) is 10.1. The lowest BCUT2D eigenvalue weighted by Crippen LogP contribution is -2.13. The Bertz CT molecular complexity index is 515. The first-order valence-electron chi connectivity index (χ1n) is 5.83. The molecule has 0 aromatic heterocycles. The molecular formula is C15H17NO2. The number of allylic oxidation sites excluding steroid dienone is 3. The zero-order chi connectivity index (χ0) is 13.0. The molecule has 1 aromatic carbocycles. The van der Waals surface area contributed by atoms with E-state index in [0.29, 0.717) is 0 Å². The highest BCUT2D eigenvalue weighted by atomic mass is 16.5. The summed E-state index contributed by atoms with van der Waals surface area (Å²) in [5, 5.41) is 9.76. The van der Waals surface area contributed by atoms with E-state index in [1.165, 1.54) is 0 Å². The first-order chi connectivity index (χ1) is 8.69. The molecule has 0 amide bonds. The van der Waals surface area contributed by atoms with Crippen LogP contribution in [-0.4, -0.2) is 30.7 Å². The molecule has 0 aliphatic carbocycles. The van der Waals surface area contributed by atoms with Crippen molar-refractivity contribution >= 4 is 6.08 Å². The van der Waals surface area contributed by atoms with Crippen LogP contribution in [0.1, 0.15) is 5.56 Å². The minimum atomic E-state index is 0.251. The molecule has 0 radical (unpaired) electrons. The van der Waals surface area contributed by atoms with Gasteiger partial charge in [0.15, 0.2) is 0 Å². The Morgan fingerprint density at radius 3 is 2.89 bits per heavy atom. The largest absolute Gasteiger partial charge is 0.507 e. The fourth-order valence-corrected chi connectivity index (χ4v) is 1.78. The molecule has 3 nitrogen and oxygen atoms in total. The van der Waals surface area contributed by atoms with E-state index in [-0.39, 0.29) is 5.75 Å². The molecule has 1 aliphatic heterocycles. The minimum Gasteiger partial charge on any atom is -0.507 e. The number of ether oxygens (including phenoxy) is 1. The van der Waals surface area contributed by atoms with Crippen LogP contribution in [0.4, 0.5) is 0 Å². The quantitative estimate of drug-likeness (QED) is 0.886. The highest BCUT2D eigenvalue weighted by molar-refractivity contribution is 5.62. The van der Waals surface area contributed by atoms with E-state index in [4.69, 9.17) is 4.74 Å². The molecule has 0 saturated carbocycles. The maximum absolute atomic E-state index is 9.76. The molecule has 2 rings (SSSR count). The van der Waals surface area contributed by atoms with Crippen LogP contribution in [0, 0.1) is 0 Å². The van der Waals surface area contributed by atoms with Gasteiger partial charge in [0.1, 0.15) is 11.5 Å². The number of nitrogens with zero attached hydrogens (tertiary/aromatic N) is 1. The maximum Gasteiger partial charge on any atom is 0.123 e. The number of likely N-dealkylation sites (N-methyl/N-ethyl adjacent to an activating group) is 1. The average Bonchev–Trinajstić information content (AvgIpc) is 2.38. The van der Waals surface area contributed by atoms with Crippen molar-refractivity contribution in [1.82, 2.24) is 4.90 Å². The van der Waals surface area contributed by atoms with Gasteiger partial charge >= 0.3 is 0 Å². The summed E-state index contributed by atoms with van der Waals surface area (Å²) in [6, 6.07) is 5.18. The van der Waals surface area contributed by atoms with Crippen molar-refractivity contribution in [2.45, 2.75) is 0 Å². The van der Waals surface area contributed by atoms with E-state index in [0.717, 1.165) is 23.4 Å². The predicted octanol–water partition coefficient (Wildman–Crippen LogP) is 2.80. The van der Waals surface area contributed by atoms with Crippen molar-refractivity contribution in [1.29, 1.82) is 0 Å². The third kappa shape index (κ3) is 2.94. The van der Waals surface area contributed by atoms with Gasteiger partial charge in [-0.1, -0.05) is 24.3 Å². The topological polar surface area (TPSA) is 32.7 Å². The lowest BCUT2D eigenvalue weighted by molar-refractivity contribution is 0.412. The Hall–Kier alpha value is -2.16. The smallest absolute Gasteiger partial charge is 0.123 e. The first-order valence-corrected chi connectivity index (χ1v) is 5.83. The van der Waals surface area contributed by atoms with Crippen LogP contribution < -0.4 is 4.74 Å². The molecule has 94 valence electrons. The van der Waals surface area contributed by atoms with Gasteiger partial charge in [-0.3, -0.25) is 0 Å². The molecule has 1 aliphatic rings. The zero-order valence-electron chi connectivity index (χ0n) is 10.6. The number of methoxy groups -OCH3 is 1. The molecule has 18 heavy (non-hydrogen) atoms. The number of phenols is 1. The van der Waals surface area contributed by atoms with Crippen molar-refractivity contribution in [3.05, 3.63) is 53.8 Å². The van der Waals surface area contributed by atoms with Gasteiger partial charge < -0.3 is 14.7 Å². The second kappa shape index (κ2) is 5.45. The monoisotopic (exact) mass is 243 g/mol. The van der Waals surface area contributed by atoms with Crippen molar-refractivity contribution in [3.63, 3.8) is 0 Å². The summed E-state index contributed by atoms with van der Waals surface area (Å²) in [4.78, 5) is 2.10. The average molecular weight is 243 g/mol. The van der Waals surface area contributed by atoms with Gasteiger partial charge in [-0.05, 0) is 23.8 Å². The van der Waals surface area contributed by atoms with Gasteiger partial charge in [-0.15, -0.1) is 0 Å². The summed E-state index contributed by atoms with van der Waals surface area (Å²) < 4.78 is 5.14. The van der Waals surface area contributed by atoms with Crippen molar-refractivity contribution < 1.29 is 9.84 Å². The highest BCUT2D eigenvalue weighted by Gasteiger charge is 2.01. The van der Waals surface area contributed by atoms with E-state index < -0.39 is 0 Å². The lowest BCUT2D eigenvalue weighted by atomic mass is 10.1. The summed E-state index contributed by atoms with van der Waals surface area (Å²) in [5.41, 5.74) is 1.85. The second-order valence-corrected chi connectivity index (χ2v) is 4.23. The van der Waals surface area contributed by atoms with Gasteiger partial charge in [0.25, 0.3) is 0 Å². The van der Waals surface area contributed by atoms with Crippen LogP contribution in [0.15, 0.2) is 48.2 Å². The Labute approximate surface area is 107 Å². The van der Waals surface area contributed by atoms with Gasteiger partial charge in [0.05, 0.1) is 7.11 Å². The first kappa shape index (κ1) is 12.3. The highest BCUT2D eigenvalue weighted by Crippen LogP contribution is 2.24. The molecule has 1 aromatic rings. The third-order valence-corrected chi connectivity index (χ3v) is 2.76. The Kier molecular flexibility index (Phi) is 3.72. The third-order valence-electron chi connectivity index (χ3n) is 2.76. The Morgan fingerprint density at radius 2 is 2.17 bits per heavy atom. The van der Waals surface area contributed by atoms with E-state index >= 15 is 0 Å². The molecule has 3 heteroatoms. The number of hydrogen-bond acceptors (Lipinski definition) is 3. The molecule has 0 spiro atoms. The number of phenolic OH excluding ortho intramolecular Hbond substituents is 1. The molecule has 0 bridgehead atoms. The van der Waals surface area contributed by atoms with Gasteiger partial charge in [-0.2, -0.15) is 0 Å². The van der Waals surface area contributed by atoms with E-state index in [1.54, 1.807) is 19.2 Å². The number of rotatable bonds is 3. The molecule has 0 atom stereocenters. The molecule has 1 heterocycles. The van der Waals surface area contributed by atoms with Crippen LogP contribution in [0.3, 0.4) is 0 Å². The van der Waals surface area contributed by atoms with E-state index in [9.17, 15) is 5.11 Å². The Balaban J connectivity index is 2.20. The fourth-order valence-electron chi connectivity index (χ4n) is 1.78. The van der Waals surface area contributed by atoms with E-state index in [2.05, 4.69) is 23.3 Å². The lowest BCUT2D eigenvalue weighted by Gasteiger charge is -2.15. The molecule has 0 unspecified atom stereocenters. The van der Waals surface area contributed by atoms with Crippen LogP contribution in [0.5, 0.6) is 11.5 Å². The van der Waals surface area contributed by atoms with Gasteiger partial charge in [0, 0.05) is 25.4 Å².